The van der Waals surface area contributed by atoms with Crippen molar-refractivity contribution in [2.75, 3.05) is 0 Å². The van der Waals surface area contributed by atoms with Gasteiger partial charge >= 0.3 is 0 Å². The van der Waals surface area contributed by atoms with Crippen LogP contribution in [0.15, 0.2) is 46.9 Å². The van der Waals surface area contributed by atoms with Crippen LogP contribution < -0.4 is 0 Å². The zero-order valence-electron chi connectivity index (χ0n) is 20.1. The van der Waals surface area contributed by atoms with Crippen LogP contribution in [0.1, 0.15) is 62.1 Å². The highest BCUT2D eigenvalue weighted by atomic mass is 79.9. The Balaban J connectivity index is 2.16. The monoisotopic (exact) mass is 497 g/mol. The van der Waals surface area contributed by atoms with Crippen molar-refractivity contribution >= 4 is 35.2 Å². The second-order valence-corrected chi connectivity index (χ2v) is 15.9. The summed E-state index contributed by atoms with van der Waals surface area (Å²) in [5.41, 5.74) is 7.55. The first-order chi connectivity index (χ1) is 14.5. The third-order valence-corrected chi connectivity index (χ3v) is 11.6. The molecule has 1 aromatic heterocycles. The van der Waals surface area contributed by atoms with Gasteiger partial charge in [0.1, 0.15) is 0 Å². The van der Waals surface area contributed by atoms with E-state index in [-0.39, 0.29) is 5.04 Å². The Morgan fingerprint density at radius 3 is 2.29 bits per heavy atom. The topological polar surface area (TPSA) is 22.1 Å². The Morgan fingerprint density at radius 2 is 1.68 bits per heavy atom. The van der Waals surface area contributed by atoms with Crippen LogP contribution in [0.25, 0.3) is 10.9 Å². The van der Waals surface area contributed by atoms with Crippen molar-refractivity contribution in [3.8, 4) is 0 Å². The molecule has 2 aromatic carbocycles. The lowest BCUT2D eigenvalue weighted by atomic mass is 9.93. The molecule has 0 fully saturated rings. The SMILES string of the molecule is CCCc1nc2ccc(C)cc2c(CO[Si](C)(C)C(C)(C)C)c1Cc1ccc(Br)cc1. The second kappa shape index (κ2) is 9.56. The first-order valence-corrected chi connectivity index (χ1v) is 15.0. The van der Waals surface area contributed by atoms with Crippen LogP contribution in [-0.4, -0.2) is 13.3 Å². The van der Waals surface area contributed by atoms with Crippen molar-refractivity contribution in [1.82, 2.24) is 4.98 Å². The molecule has 0 amide bonds. The van der Waals surface area contributed by atoms with E-state index in [0.29, 0.717) is 6.61 Å². The van der Waals surface area contributed by atoms with Gasteiger partial charge in [0.15, 0.2) is 8.32 Å². The standard InChI is InChI=1S/C27H36BrNOSi/c1-8-9-25-23(17-20-11-13-21(28)14-12-20)24(18-30-31(6,7)27(3,4)5)22-16-19(2)10-15-26(22)29-25/h10-16H,8-9,17-18H2,1-7H3. The molecule has 0 aliphatic rings. The van der Waals surface area contributed by atoms with Gasteiger partial charge in [-0.05, 0) is 78.9 Å². The van der Waals surface area contributed by atoms with Crippen LogP contribution in [0.5, 0.6) is 0 Å². The summed E-state index contributed by atoms with van der Waals surface area (Å²) >= 11 is 3.56. The van der Waals surface area contributed by atoms with Crippen molar-refractivity contribution in [3.05, 3.63) is 74.9 Å². The van der Waals surface area contributed by atoms with Gasteiger partial charge < -0.3 is 4.43 Å². The third-order valence-electron chi connectivity index (χ3n) is 6.61. The van der Waals surface area contributed by atoms with E-state index in [2.05, 4.69) is 106 Å². The fourth-order valence-corrected chi connectivity index (χ4v) is 4.83. The molecule has 0 saturated heterocycles. The summed E-state index contributed by atoms with van der Waals surface area (Å²) in [6.07, 6.45) is 2.96. The molecule has 0 unspecified atom stereocenters. The molecule has 0 aliphatic heterocycles. The third kappa shape index (κ3) is 5.66. The average Bonchev–Trinajstić information content (AvgIpc) is 2.69. The highest BCUT2D eigenvalue weighted by Gasteiger charge is 2.37. The Hall–Kier alpha value is -1.49. The van der Waals surface area contributed by atoms with E-state index >= 15 is 0 Å². The number of pyridine rings is 1. The second-order valence-electron chi connectivity index (χ2n) is 10.1. The Morgan fingerprint density at radius 1 is 1.00 bits per heavy atom. The molecule has 0 saturated carbocycles. The lowest BCUT2D eigenvalue weighted by molar-refractivity contribution is 0.276. The summed E-state index contributed by atoms with van der Waals surface area (Å²) in [4.78, 5) is 5.12. The van der Waals surface area contributed by atoms with Gasteiger partial charge in [0, 0.05) is 15.6 Å². The summed E-state index contributed by atoms with van der Waals surface area (Å²) in [7, 11) is -1.87. The summed E-state index contributed by atoms with van der Waals surface area (Å²) in [5.74, 6) is 0. The smallest absolute Gasteiger partial charge is 0.192 e. The zero-order chi connectivity index (χ0) is 22.8. The fraction of sp³-hybridized carbons (Fsp3) is 0.444. The summed E-state index contributed by atoms with van der Waals surface area (Å²) < 4.78 is 7.87. The number of hydrogen-bond acceptors (Lipinski definition) is 2. The fourth-order valence-electron chi connectivity index (χ4n) is 3.63. The van der Waals surface area contributed by atoms with Gasteiger partial charge in [-0.15, -0.1) is 0 Å². The van der Waals surface area contributed by atoms with Crippen molar-refractivity contribution in [2.45, 2.75) is 78.6 Å². The van der Waals surface area contributed by atoms with E-state index in [0.717, 1.165) is 29.3 Å². The van der Waals surface area contributed by atoms with Gasteiger partial charge in [0.05, 0.1) is 12.1 Å². The van der Waals surface area contributed by atoms with Crippen LogP contribution in [0.2, 0.25) is 18.1 Å². The van der Waals surface area contributed by atoms with Gasteiger partial charge in [-0.2, -0.15) is 0 Å². The number of benzene rings is 2. The first kappa shape index (κ1) is 24.2. The number of nitrogens with zero attached hydrogens (tertiary/aromatic N) is 1. The van der Waals surface area contributed by atoms with E-state index in [9.17, 15) is 0 Å². The van der Waals surface area contributed by atoms with Crippen LogP contribution in [0.3, 0.4) is 0 Å². The Labute approximate surface area is 197 Å². The maximum absolute atomic E-state index is 6.76. The van der Waals surface area contributed by atoms with Crippen LogP contribution in [0, 0.1) is 6.92 Å². The van der Waals surface area contributed by atoms with E-state index in [1.54, 1.807) is 0 Å². The average molecular weight is 499 g/mol. The summed E-state index contributed by atoms with van der Waals surface area (Å²) in [6, 6.07) is 15.3. The number of aromatic nitrogens is 1. The minimum Gasteiger partial charge on any atom is -0.413 e. The molecule has 3 aromatic rings. The normalized spacial score (nSPS) is 12.5. The molecule has 3 rings (SSSR count). The molecular formula is C27H36BrNOSi. The lowest BCUT2D eigenvalue weighted by Crippen LogP contribution is -2.40. The number of halogens is 1. The predicted molar refractivity (Wildman–Crippen MR) is 139 cm³/mol. The molecule has 0 aliphatic carbocycles. The summed E-state index contributed by atoms with van der Waals surface area (Å²) in [6.45, 7) is 16.6. The Bertz CT molecular complexity index is 1050. The molecule has 0 radical (unpaired) electrons. The van der Waals surface area contributed by atoms with Crippen LogP contribution >= 0.6 is 15.9 Å². The highest BCUT2D eigenvalue weighted by molar-refractivity contribution is 9.10. The van der Waals surface area contributed by atoms with Crippen LogP contribution in [-0.2, 0) is 23.9 Å². The number of hydrogen-bond donors (Lipinski definition) is 0. The molecule has 0 atom stereocenters. The van der Waals surface area contributed by atoms with Gasteiger partial charge in [0.25, 0.3) is 0 Å². The first-order valence-electron chi connectivity index (χ1n) is 11.3. The largest absolute Gasteiger partial charge is 0.413 e. The highest BCUT2D eigenvalue weighted by Crippen LogP contribution is 2.38. The number of aryl methyl sites for hydroxylation is 2. The zero-order valence-corrected chi connectivity index (χ0v) is 22.7. The van der Waals surface area contributed by atoms with E-state index in [1.165, 1.54) is 33.3 Å². The molecule has 166 valence electrons. The molecule has 2 nitrogen and oxygen atoms in total. The summed E-state index contributed by atoms with van der Waals surface area (Å²) in [5, 5.41) is 1.43. The van der Waals surface area contributed by atoms with Crippen LogP contribution in [0.4, 0.5) is 0 Å². The molecular weight excluding hydrogens is 462 g/mol. The minimum absolute atomic E-state index is 0.184. The molecule has 4 heteroatoms. The molecule has 31 heavy (non-hydrogen) atoms. The van der Waals surface area contributed by atoms with Crippen molar-refractivity contribution in [2.24, 2.45) is 0 Å². The molecule has 0 N–H and O–H groups in total. The quantitative estimate of drug-likeness (QED) is 0.305. The van der Waals surface area contributed by atoms with Gasteiger partial charge in [-0.3, -0.25) is 4.98 Å². The van der Waals surface area contributed by atoms with Crippen molar-refractivity contribution in [1.29, 1.82) is 0 Å². The minimum atomic E-state index is -1.87. The van der Waals surface area contributed by atoms with E-state index < -0.39 is 8.32 Å². The van der Waals surface area contributed by atoms with Gasteiger partial charge in [0.2, 0.25) is 0 Å². The molecule has 1 heterocycles. The number of rotatable bonds is 7. The molecule has 0 spiro atoms. The van der Waals surface area contributed by atoms with Crippen molar-refractivity contribution < 1.29 is 4.43 Å². The van der Waals surface area contributed by atoms with E-state index in [4.69, 9.17) is 9.41 Å². The lowest BCUT2D eigenvalue weighted by Gasteiger charge is -2.36. The maximum atomic E-state index is 6.76. The van der Waals surface area contributed by atoms with E-state index in [1.807, 2.05) is 0 Å². The Kier molecular flexibility index (Phi) is 7.45. The van der Waals surface area contributed by atoms with Gasteiger partial charge in [-0.1, -0.05) is 73.8 Å². The van der Waals surface area contributed by atoms with Crippen molar-refractivity contribution in [3.63, 3.8) is 0 Å². The predicted octanol–water partition coefficient (Wildman–Crippen LogP) is 8.37. The van der Waals surface area contributed by atoms with Gasteiger partial charge in [-0.25, -0.2) is 0 Å². The number of fused-ring (bicyclic) bond motifs is 1. The maximum Gasteiger partial charge on any atom is 0.192 e. The molecule has 0 bridgehead atoms.